The average molecular weight is 500 g/mol. The number of piperidine rings is 2. The highest BCUT2D eigenvalue weighted by Crippen LogP contribution is 2.33. The van der Waals surface area contributed by atoms with Crippen molar-refractivity contribution in [1.29, 1.82) is 0 Å². The minimum absolute atomic E-state index is 0.0413. The van der Waals surface area contributed by atoms with Crippen LogP contribution in [0.5, 0.6) is 0 Å². The van der Waals surface area contributed by atoms with Crippen LogP contribution in [0.4, 0.5) is 0 Å². The van der Waals surface area contributed by atoms with Crippen LogP contribution in [0, 0.1) is 5.92 Å². The molecule has 0 radical (unpaired) electrons. The van der Waals surface area contributed by atoms with Crippen molar-refractivity contribution < 1.29 is 17.7 Å². The van der Waals surface area contributed by atoms with E-state index < -0.39 is 10.0 Å². The number of likely N-dealkylation sites (tertiary alicyclic amines) is 1. The molecular formula is C25H33N5O4S. The zero-order chi connectivity index (χ0) is 24.6. The Morgan fingerprint density at radius 3 is 2.51 bits per heavy atom. The zero-order valence-corrected chi connectivity index (χ0v) is 21.2. The van der Waals surface area contributed by atoms with Gasteiger partial charge in [0, 0.05) is 54.8 Å². The largest absolute Gasteiger partial charge is 0.343 e. The van der Waals surface area contributed by atoms with Crippen molar-refractivity contribution in [2.45, 2.75) is 50.5 Å². The molecule has 0 bridgehead atoms. The normalized spacial score (nSPS) is 21.0. The van der Waals surface area contributed by atoms with Crippen LogP contribution in [0.15, 0.2) is 39.8 Å². The number of hydrogen-bond acceptors (Lipinski definition) is 7. The Balaban J connectivity index is 1.31. The van der Waals surface area contributed by atoms with Gasteiger partial charge in [-0.25, -0.2) is 8.42 Å². The SMILES string of the molecule is CCN(CC)C(=O)C1CCCN(C2CCN(S(=O)(=O)c3cc4nnoc4c4ccccc34)CC2)C1. The lowest BCUT2D eigenvalue weighted by Gasteiger charge is -2.42. The molecule has 1 atom stereocenters. The van der Waals surface area contributed by atoms with Crippen LogP contribution in [-0.4, -0.2) is 84.1 Å². The second kappa shape index (κ2) is 9.83. The molecule has 35 heavy (non-hydrogen) atoms. The highest BCUT2D eigenvalue weighted by molar-refractivity contribution is 7.89. The van der Waals surface area contributed by atoms with E-state index in [4.69, 9.17) is 4.52 Å². The topological polar surface area (TPSA) is 99.9 Å². The Morgan fingerprint density at radius 1 is 1.09 bits per heavy atom. The number of sulfonamides is 1. The number of hydrogen-bond donors (Lipinski definition) is 0. The first-order valence-electron chi connectivity index (χ1n) is 12.6. The second-order valence-corrected chi connectivity index (χ2v) is 11.4. The molecule has 9 nitrogen and oxygen atoms in total. The lowest BCUT2D eigenvalue weighted by molar-refractivity contribution is -0.137. The van der Waals surface area contributed by atoms with Crippen LogP contribution in [-0.2, 0) is 14.8 Å². The maximum atomic E-state index is 13.7. The van der Waals surface area contributed by atoms with Gasteiger partial charge in [-0.05, 0) is 52.1 Å². The van der Waals surface area contributed by atoms with Crippen LogP contribution >= 0.6 is 0 Å². The van der Waals surface area contributed by atoms with Gasteiger partial charge in [0.25, 0.3) is 0 Å². The summed E-state index contributed by atoms with van der Waals surface area (Å²) in [4.78, 5) is 17.5. The van der Waals surface area contributed by atoms with E-state index in [1.165, 1.54) is 0 Å². The molecule has 0 saturated carbocycles. The first kappa shape index (κ1) is 24.1. The number of amides is 1. The Kier molecular flexibility index (Phi) is 6.78. The third-order valence-corrected chi connectivity index (χ3v) is 9.59. The van der Waals surface area contributed by atoms with E-state index in [0.717, 1.165) is 51.9 Å². The maximum absolute atomic E-state index is 13.7. The van der Waals surface area contributed by atoms with Crippen LogP contribution in [0.3, 0.4) is 0 Å². The second-order valence-electron chi connectivity index (χ2n) is 9.52. The minimum Gasteiger partial charge on any atom is -0.343 e. The molecule has 1 unspecified atom stereocenters. The summed E-state index contributed by atoms with van der Waals surface area (Å²) in [6.07, 6.45) is 3.47. The Morgan fingerprint density at radius 2 is 1.80 bits per heavy atom. The van der Waals surface area contributed by atoms with Gasteiger partial charge in [-0.2, -0.15) is 4.31 Å². The van der Waals surface area contributed by atoms with Crippen molar-refractivity contribution in [3.05, 3.63) is 30.3 Å². The Labute approximate surface area is 206 Å². The molecule has 2 saturated heterocycles. The zero-order valence-electron chi connectivity index (χ0n) is 20.4. The van der Waals surface area contributed by atoms with E-state index >= 15 is 0 Å². The van der Waals surface area contributed by atoms with E-state index in [1.54, 1.807) is 16.4 Å². The molecule has 188 valence electrons. The standard InChI is InChI=1S/C25H33N5O4S/c1-3-28(4-2)25(31)18-8-7-13-29(17-18)19-11-14-30(15-12-19)35(32,33)23-16-22-24(34-27-26-22)21-10-6-5-9-20(21)23/h5-6,9-10,16,18-19H,3-4,7-8,11-15,17H2,1-2H3. The monoisotopic (exact) mass is 499 g/mol. The van der Waals surface area contributed by atoms with Gasteiger partial charge in [-0.1, -0.05) is 24.3 Å². The molecule has 2 fully saturated rings. The van der Waals surface area contributed by atoms with Crippen molar-refractivity contribution in [1.82, 2.24) is 24.5 Å². The fourth-order valence-corrected chi connectivity index (χ4v) is 7.40. The van der Waals surface area contributed by atoms with E-state index in [-0.39, 0.29) is 16.7 Å². The predicted octanol–water partition coefficient (Wildman–Crippen LogP) is 3.11. The molecule has 0 N–H and O–H groups in total. The van der Waals surface area contributed by atoms with Crippen molar-refractivity contribution in [3.8, 4) is 0 Å². The maximum Gasteiger partial charge on any atom is 0.243 e. The van der Waals surface area contributed by atoms with Crippen LogP contribution in [0.25, 0.3) is 21.9 Å². The molecule has 5 rings (SSSR count). The summed E-state index contributed by atoms with van der Waals surface area (Å²) < 4.78 is 34.3. The molecular weight excluding hydrogens is 466 g/mol. The van der Waals surface area contributed by atoms with Gasteiger partial charge in [-0.3, -0.25) is 9.69 Å². The molecule has 10 heteroatoms. The van der Waals surface area contributed by atoms with E-state index in [2.05, 4.69) is 15.3 Å². The van der Waals surface area contributed by atoms with Gasteiger partial charge in [-0.15, -0.1) is 5.10 Å². The fourth-order valence-electron chi connectivity index (χ4n) is 5.71. The number of rotatable bonds is 6. The Hall–Kier alpha value is -2.56. The molecule has 3 aromatic rings. The van der Waals surface area contributed by atoms with Crippen LogP contribution in [0.1, 0.15) is 39.5 Å². The van der Waals surface area contributed by atoms with E-state index in [9.17, 15) is 13.2 Å². The van der Waals surface area contributed by atoms with Gasteiger partial charge in [0.05, 0.1) is 10.8 Å². The van der Waals surface area contributed by atoms with Crippen molar-refractivity contribution in [3.63, 3.8) is 0 Å². The lowest BCUT2D eigenvalue weighted by Crippen LogP contribution is -2.52. The third-order valence-electron chi connectivity index (χ3n) is 7.65. The molecule has 1 amide bonds. The summed E-state index contributed by atoms with van der Waals surface area (Å²) in [6, 6.07) is 9.19. The molecule has 2 aliphatic rings. The highest BCUT2D eigenvalue weighted by atomic mass is 32.2. The number of aromatic nitrogens is 2. The van der Waals surface area contributed by atoms with Crippen LogP contribution < -0.4 is 0 Å². The number of fused-ring (bicyclic) bond motifs is 3. The molecule has 3 heterocycles. The number of carbonyl (C=O) groups is 1. The first-order chi connectivity index (χ1) is 16.9. The Bertz CT molecular complexity index is 1310. The van der Waals surface area contributed by atoms with E-state index in [1.807, 2.05) is 36.9 Å². The van der Waals surface area contributed by atoms with Crippen molar-refractivity contribution >= 4 is 37.8 Å². The number of carbonyl (C=O) groups excluding carboxylic acids is 1. The summed E-state index contributed by atoms with van der Waals surface area (Å²) in [5.74, 6) is 0.295. The van der Waals surface area contributed by atoms with Gasteiger partial charge in [0.2, 0.25) is 15.9 Å². The summed E-state index contributed by atoms with van der Waals surface area (Å²) in [6.45, 7) is 8.20. The highest BCUT2D eigenvalue weighted by Gasteiger charge is 2.36. The first-order valence-corrected chi connectivity index (χ1v) is 14.0. The van der Waals surface area contributed by atoms with Crippen molar-refractivity contribution in [2.75, 3.05) is 39.3 Å². The molecule has 1 aromatic heterocycles. The third kappa shape index (κ3) is 4.43. The summed E-state index contributed by atoms with van der Waals surface area (Å²) in [7, 11) is -3.71. The van der Waals surface area contributed by atoms with Crippen molar-refractivity contribution in [2.24, 2.45) is 5.92 Å². The average Bonchev–Trinajstić information content (AvgIpc) is 3.38. The molecule has 2 aliphatic heterocycles. The van der Waals surface area contributed by atoms with Gasteiger partial charge >= 0.3 is 0 Å². The van der Waals surface area contributed by atoms with Gasteiger partial charge in [0.15, 0.2) is 5.58 Å². The number of benzene rings is 2. The number of nitrogens with zero attached hydrogens (tertiary/aromatic N) is 5. The van der Waals surface area contributed by atoms with Gasteiger partial charge in [0.1, 0.15) is 5.52 Å². The lowest BCUT2D eigenvalue weighted by atomic mass is 9.93. The summed E-state index contributed by atoms with van der Waals surface area (Å²) >= 11 is 0. The summed E-state index contributed by atoms with van der Waals surface area (Å²) in [5.41, 5.74) is 0.937. The molecule has 0 aliphatic carbocycles. The smallest absolute Gasteiger partial charge is 0.243 e. The minimum atomic E-state index is -3.71. The molecule has 2 aromatic carbocycles. The van der Waals surface area contributed by atoms with Gasteiger partial charge < -0.3 is 9.42 Å². The fraction of sp³-hybridized carbons (Fsp3) is 0.560. The van der Waals surface area contributed by atoms with E-state index in [0.29, 0.717) is 41.0 Å². The quantitative estimate of drug-likeness (QED) is 0.514. The summed E-state index contributed by atoms with van der Waals surface area (Å²) in [5, 5.41) is 8.91. The predicted molar refractivity (Wildman–Crippen MR) is 133 cm³/mol. The van der Waals surface area contributed by atoms with Crippen LogP contribution in [0.2, 0.25) is 0 Å². The molecule has 0 spiro atoms.